The summed E-state index contributed by atoms with van der Waals surface area (Å²) >= 11 is 0. The monoisotopic (exact) mass is 284 g/mol. The Balaban J connectivity index is 1.76. The molecule has 0 aliphatic carbocycles. The topological polar surface area (TPSA) is 78.3 Å². The average molecular weight is 284 g/mol. The molecule has 1 fully saturated rings. The molecule has 2 N–H and O–H groups in total. The van der Waals surface area contributed by atoms with Gasteiger partial charge in [-0.1, -0.05) is 30.3 Å². The van der Waals surface area contributed by atoms with Gasteiger partial charge in [0.05, 0.1) is 5.69 Å². The van der Waals surface area contributed by atoms with E-state index in [1.165, 1.54) is 0 Å². The van der Waals surface area contributed by atoms with Gasteiger partial charge in [-0.2, -0.15) is 0 Å². The first-order valence-corrected chi connectivity index (χ1v) is 6.84. The van der Waals surface area contributed by atoms with Gasteiger partial charge in [0, 0.05) is 25.2 Å². The molecule has 0 unspecified atom stereocenters. The number of hydrogen-bond donors (Lipinski definition) is 2. The molecule has 0 saturated carbocycles. The molecule has 1 aliphatic heterocycles. The molecule has 6 heteroatoms. The summed E-state index contributed by atoms with van der Waals surface area (Å²) in [6, 6.07) is 13.1. The van der Waals surface area contributed by atoms with Crippen molar-refractivity contribution in [2.24, 2.45) is 0 Å². The number of hydrogen-bond acceptors (Lipinski definition) is 5. The van der Waals surface area contributed by atoms with Gasteiger partial charge < -0.3 is 15.3 Å². The summed E-state index contributed by atoms with van der Waals surface area (Å²) in [6.07, 6.45) is 0. The Morgan fingerprint density at radius 3 is 2.67 bits per heavy atom. The number of piperazine rings is 1. The van der Waals surface area contributed by atoms with Gasteiger partial charge in [-0.15, -0.1) is 10.2 Å². The fourth-order valence-electron chi connectivity index (χ4n) is 2.38. The SMILES string of the molecule is O=C(O)[C@@H]1CN(c2ccc(-c3ccccc3)nn2)CCN1. The quantitative estimate of drug-likeness (QED) is 0.875. The predicted octanol–water partition coefficient (Wildman–Crippen LogP) is 1.01. The number of aromatic nitrogens is 2. The number of nitrogens with zero attached hydrogens (tertiary/aromatic N) is 3. The minimum Gasteiger partial charge on any atom is -0.480 e. The van der Waals surface area contributed by atoms with E-state index in [0.717, 1.165) is 17.8 Å². The Morgan fingerprint density at radius 2 is 2.00 bits per heavy atom. The van der Waals surface area contributed by atoms with Gasteiger partial charge in [-0.25, -0.2) is 0 Å². The molecule has 0 amide bonds. The van der Waals surface area contributed by atoms with Crippen molar-refractivity contribution < 1.29 is 9.90 Å². The molecule has 2 aromatic rings. The van der Waals surface area contributed by atoms with E-state index in [-0.39, 0.29) is 0 Å². The van der Waals surface area contributed by atoms with E-state index in [2.05, 4.69) is 15.5 Å². The van der Waals surface area contributed by atoms with Crippen molar-refractivity contribution in [1.82, 2.24) is 15.5 Å². The Labute approximate surface area is 122 Å². The average Bonchev–Trinajstić information content (AvgIpc) is 2.56. The van der Waals surface area contributed by atoms with Crippen LogP contribution in [0.3, 0.4) is 0 Å². The zero-order chi connectivity index (χ0) is 14.7. The maximum absolute atomic E-state index is 11.0. The third-order valence-electron chi connectivity index (χ3n) is 3.52. The molecule has 1 aliphatic rings. The van der Waals surface area contributed by atoms with Gasteiger partial charge in [0.2, 0.25) is 0 Å². The maximum Gasteiger partial charge on any atom is 0.322 e. The van der Waals surface area contributed by atoms with Crippen LogP contribution in [0.15, 0.2) is 42.5 Å². The largest absolute Gasteiger partial charge is 0.480 e. The first kappa shape index (κ1) is 13.5. The lowest BCUT2D eigenvalue weighted by atomic mass is 10.1. The minimum atomic E-state index is -0.839. The molecule has 0 bridgehead atoms. The summed E-state index contributed by atoms with van der Waals surface area (Å²) in [5, 5.41) is 20.5. The van der Waals surface area contributed by atoms with Crippen molar-refractivity contribution in [3.05, 3.63) is 42.5 Å². The van der Waals surface area contributed by atoms with E-state index >= 15 is 0 Å². The molecule has 6 nitrogen and oxygen atoms in total. The Bertz CT molecular complexity index is 615. The summed E-state index contributed by atoms with van der Waals surface area (Å²) in [6.45, 7) is 1.75. The van der Waals surface area contributed by atoms with Crippen molar-refractivity contribution in [2.75, 3.05) is 24.5 Å². The molecule has 1 aromatic heterocycles. The number of benzene rings is 1. The zero-order valence-corrected chi connectivity index (χ0v) is 11.4. The van der Waals surface area contributed by atoms with E-state index < -0.39 is 12.0 Å². The van der Waals surface area contributed by atoms with Crippen LogP contribution in [0, 0.1) is 0 Å². The second-order valence-electron chi connectivity index (χ2n) is 4.93. The van der Waals surface area contributed by atoms with Gasteiger partial charge in [0.25, 0.3) is 0 Å². The third kappa shape index (κ3) is 3.00. The second kappa shape index (κ2) is 5.88. The number of carboxylic acids is 1. The summed E-state index contributed by atoms with van der Waals surface area (Å²) in [4.78, 5) is 13.0. The molecule has 108 valence electrons. The predicted molar refractivity (Wildman–Crippen MR) is 79.1 cm³/mol. The van der Waals surface area contributed by atoms with Crippen LogP contribution < -0.4 is 10.2 Å². The smallest absolute Gasteiger partial charge is 0.322 e. The number of nitrogens with one attached hydrogen (secondary N) is 1. The number of carboxylic acid groups (broad SMARTS) is 1. The van der Waals surface area contributed by atoms with Gasteiger partial charge in [0.1, 0.15) is 6.04 Å². The Morgan fingerprint density at radius 1 is 1.19 bits per heavy atom. The maximum atomic E-state index is 11.0. The number of anilines is 1. The van der Waals surface area contributed by atoms with Gasteiger partial charge in [-0.3, -0.25) is 4.79 Å². The molecule has 1 aromatic carbocycles. The van der Waals surface area contributed by atoms with Crippen LogP contribution in [-0.2, 0) is 4.79 Å². The molecule has 21 heavy (non-hydrogen) atoms. The first-order valence-electron chi connectivity index (χ1n) is 6.84. The molecule has 1 atom stereocenters. The first-order chi connectivity index (χ1) is 10.2. The second-order valence-corrected chi connectivity index (χ2v) is 4.93. The van der Waals surface area contributed by atoms with Gasteiger partial charge in [0.15, 0.2) is 5.82 Å². The lowest BCUT2D eigenvalue weighted by Gasteiger charge is -2.32. The van der Waals surface area contributed by atoms with Gasteiger partial charge >= 0.3 is 5.97 Å². The van der Waals surface area contributed by atoms with E-state index in [0.29, 0.717) is 18.9 Å². The summed E-state index contributed by atoms with van der Waals surface area (Å²) in [7, 11) is 0. The lowest BCUT2D eigenvalue weighted by molar-refractivity contribution is -0.139. The zero-order valence-electron chi connectivity index (χ0n) is 11.4. The van der Waals surface area contributed by atoms with Crippen LogP contribution in [0.4, 0.5) is 5.82 Å². The minimum absolute atomic E-state index is 0.398. The Hall–Kier alpha value is -2.47. The van der Waals surface area contributed by atoms with Crippen LogP contribution in [0.5, 0.6) is 0 Å². The van der Waals surface area contributed by atoms with Crippen LogP contribution in [0.1, 0.15) is 0 Å². The van der Waals surface area contributed by atoms with Crippen molar-refractivity contribution >= 4 is 11.8 Å². The van der Waals surface area contributed by atoms with E-state index in [4.69, 9.17) is 5.11 Å². The highest BCUT2D eigenvalue weighted by atomic mass is 16.4. The molecule has 1 saturated heterocycles. The van der Waals surface area contributed by atoms with Crippen molar-refractivity contribution in [2.45, 2.75) is 6.04 Å². The summed E-state index contributed by atoms with van der Waals surface area (Å²) in [5.74, 6) is -0.129. The van der Waals surface area contributed by atoms with Crippen molar-refractivity contribution in [3.8, 4) is 11.3 Å². The Kier molecular flexibility index (Phi) is 3.79. The van der Waals surface area contributed by atoms with E-state index in [1.54, 1.807) is 0 Å². The highest BCUT2D eigenvalue weighted by Gasteiger charge is 2.25. The summed E-state index contributed by atoms with van der Waals surface area (Å²) in [5.41, 5.74) is 1.82. The number of aliphatic carboxylic acids is 1. The molecule has 0 spiro atoms. The number of rotatable bonds is 3. The molecule has 0 radical (unpaired) electrons. The fourth-order valence-corrected chi connectivity index (χ4v) is 2.38. The lowest BCUT2D eigenvalue weighted by Crippen LogP contribution is -2.54. The van der Waals surface area contributed by atoms with Crippen LogP contribution in [-0.4, -0.2) is 46.9 Å². The van der Waals surface area contributed by atoms with Crippen molar-refractivity contribution in [3.63, 3.8) is 0 Å². The fraction of sp³-hybridized carbons (Fsp3) is 0.267. The van der Waals surface area contributed by atoms with Crippen LogP contribution in [0.25, 0.3) is 11.3 Å². The highest BCUT2D eigenvalue weighted by Crippen LogP contribution is 2.18. The van der Waals surface area contributed by atoms with E-state index in [9.17, 15) is 4.79 Å². The molecule has 3 rings (SSSR count). The highest BCUT2D eigenvalue weighted by molar-refractivity contribution is 5.74. The number of carbonyl (C=O) groups is 1. The van der Waals surface area contributed by atoms with Crippen molar-refractivity contribution in [1.29, 1.82) is 0 Å². The van der Waals surface area contributed by atoms with E-state index in [1.807, 2.05) is 47.4 Å². The standard InChI is InChI=1S/C15H16N4O2/c20-15(21)13-10-19(9-8-16-13)14-7-6-12(17-18-14)11-4-2-1-3-5-11/h1-7,13,16H,8-10H2,(H,20,21)/t13-/m0/s1. The molecular weight excluding hydrogens is 268 g/mol. The van der Waals surface area contributed by atoms with Crippen LogP contribution in [0.2, 0.25) is 0 Å². The normalized spacial score (nSPS) is 18.5. The molecular formula is C15H16N4O2. The van der Waals surface area contributed by atoms with Gasteiger partial charge in [-0.05, 0) is 12.1 Å². The van der Waals surface area contributed by atoms with Crippen LogP contribution >= 0.6 is 0 Å². The third-order valence-corrected chi connectivity index (χ3v) is 3.52. The molecule has 2 heterocycles. The summed E-state index contributed by atoms with van der Waals surface area (Å²) < 4.78 is 0.